The number of rotatable bonds is 18. The molecule has 2 aliphatic rings. The topological polar surface area (TPSA) is 363 Å². The minimum Gasteiger partial charge on any atom is -0.497 e. The third-order valence-electron chi connectivity index (χ3n) is 11.4. The van der Waals surface area contributed by atoms with Gasteiger partial charge in [-0.25, -0.2) is 0 Å². The molecule has 69 heavy (non-hydrogen) atoms. The van der Waals surface area contributed by atoms with Crippen LogP contribution in [0.3, 0.4) is 0 Å². The Kier molecular flexibility index (Phi) is 22.5. The number of ether oxygens (including phenoxy) is 1. The molecule has 0 saturated carbocycles. The average Bonchev–Trinajstić information content (AvgIpc) is 3.71. The molecule has 1 aromatic rings. The Balaban J connectivity index is 2.05. The molecule has 8 unspecified atom stereocenters. The number of likely N-dealkylation sites (tertiary alicyclic amines) is 1. The van der Waals surface area contributed by atoms with Gasteiger partial charge < -0.3 is 64.1 Å². The van der Waals surface area contributed by atoms with Gasteiger partial charge in [-0.2, -0.15) is 11.8 Å². The predicted octanol–water partition coefficient (Wildman–Crippen LogP) is -2.50. The number of nitrogens with zero attached hydrogens (tertiary/aromatic N) is 1. The van der Waals surface area contributed by atoms with E-state index in [-0.39, 0.29) is 68.9 Å². The van der Waals surface area contributed by atoms with Crippen LogP contribution >= 0.6 is 11.8 Å². The van der Waals surface area contributed by atoms with Gasteiger partial charge in [0, 0.05) is 31.6 Å². The van der Waals surface area contributed by atoms with E-state index >= 15 is 0 Å². The van der Waals surface area contributed by atoms with Crippen molar-refractivity contribution in [1.82, 2.24) is 42.1 Å². The van der Waals surface area contributed by atoms with Crippen LogP contribution in [-0.4, -0.2) is 144 Å². The number of benzene rings is 1. The molecular weight excluding hydrogens is 919 g/mol. The SMILES string of the molecule is [2H]C1(C(=O)NC(CC(C)C)C(=O)NCC(N)=O)CCCN1C(=O)C1CSCCCC(=O)NC(Cc2ccc(OC)cc2)C(=O)NC(C(C)CC)C(=O)NC(CCC(N)=O)C(=O)NC(CC(N)=O)C(=O)N1. The molecule has 1 aromatic carbocycles. The molecule has 8 atom stereocenters. The Bertz CT molecular complexity index is 2080. The van der Waals surface area contributed by atoms with Crippen molar-refractivity contribution in [3.8, 4) is 5.75 Å². The summed E-state index contributed by atoms with van der Waals surface area (Å²) >= 11 is 1.12. The van der Waals surface area contributed by atoms with Crippen LogP contribution in [0.15, 0.2) is 24.3 Å². The average molecular weight is 989 g/mol. The Hall–Kier alpha value is -6.46. The van der Waals surface area contributed by atoms with Gasteiger partial charge in [-0.1, -0.05) is 46.2 Å². The summed E-state index contributed by atoms with van der Waals surface area (Å²) in [4.78, 5) is 148. The van der Waals surface area contributed by atoms with E-state index in [1.807, 2.05) is 0 Å². The van der Waals surface area contributed by atoms with Crippen molar-refractivity contribution in [2.24, 2.45) is 29.0 Å². The maximum absolute atomic E-state index is 14.6. The molecule has 3 rings (SSSR count). The molecule has 2 heterocycles. The quantitative estimate of drug-likeness (QED) is 0.0728. The zero-order chi connectivity index (χ0) is 52.3. The summed E-state index contributed by atoms with van der Waals surface area (Å²) in [6.07, 6.45) is -1.04. The fourth-order valence-corrected chi connectivity index (χ4v) is 8.47. The highest BCUT2D eigenvalue weighted by molar-refractivity contribution is 7.99. The smallest absolute Gasteiger partial charge is 0.246 e. The first-order chi connectivity index (χ1) is 33.0. The lowest BCUT2D eigenvalue weighted by Gasteiger charge is -2.31. The molecule has 2 fully saturated rings. The van der Waals surface area contributed by atoms with Gasteiger partial charge in [0.25, 0.3) is 0 Å². The third-order valence-corrected chi connectivity index (χ3v) is 12.5. The van der Waals surface area contributed by atoms with Crippen molar-refractivity contribution in [2.45, 2.75) is 134 Å². The fourth-order valence-electron chi connectivity index (χ4n) is 7.50. The zero-order valence-electron chi connectivity index (χ0n) is 40.8. The number of amides is 11. The Morgan fingerprint density at radius 2 is 1.49 bits per heavy atom. The number of hydrogen-bond acceptors (Lipinski definition) is 13. The van der Waals surface area contributed by atoms with E-state index in [0.29, 0.717) is 17.7 Å². The van der Waals surface area contributed by atoms with Crippen LogP contribution in [0, 0.1) is 11.8 Å². The van der Waals surface area contributed by atoms with Crippen molar-refractivity contribution >= 4 is 76.7 Å². The number of carbonyl (C=O) groups excluding carboxylic acids is 11. The minimum atomic E-state index is -2.29. The van der Waals surface area contributed by atoms with E-state index in [4.69, 9.17) is 21.9 Å². The second kappa shape index (κ2) is 28.1. The van der Waals surface area contributed by atoms with Gasteiger partial charge in [0.05, 0.1) is 21.4 Å². The molecule has 0 radical (unpaired) electrons. The van der Waals surface area contributed by atoms with Crippen LogP contribution in [0.1, 0.15) is 92.4 Å². The van der Waals surface area contributed by atoms with E-state index in [0.717, 1.165) is 16.7 Å². The summed E-state index contributed by atoms with van der Waals surface area (Å²) in [6, 6.07) is -4.06. The van der Waals surface area contributed by atoms with E-state index in [9.17, 15) is 54.1 Å². The lowest BCUT2D eigenvalue weighted by molar-refractivity contribution is -0.142. The first-order valence-corrected chi connectivity index (χ1v) is 24.1. The van der Waals surface area contributed by atoms with Crippen LogP contribution < -0.4 is 59.2 Å². The monoisotopic (exact) mass is 988 g/mol. The molecule has 23 nitrogen and oxygen atoms in total. The first kappa shape index (κ1) is 55.1. The number of hydrogen-bond donors (Lipinski definition) is 10. The second-order valence-corrected chi connectivity index (χ2v) is 18.6. The number of methoxy groups -OCH3 is 1. The van der Waals surface area contributed by atoms with E-state index in [1.165, 1.54) is 7.11 Å². The molecular formula is C45H69N11O12S. The molecule has 0 bridgehead atoms. The Morgan fingerprint density at radius 1 is 0.841 bits per heavy atom. The number of nitrogens with two attached hydrogens (primary N) is 3. The minimum absolute atomic E-state index is 0.00638. The highest BCUT2D eigenvalue weighted by Gasteiger charge is 2.40. The predicted molar refractivity (Wildman–Crippen MR) is 253 cm³/mol. The summed E-state index contributed by atoms with van der Waals surface area (Å²) in [5.74, 6) is -9.73. The molecule has 0 spiro atoms. The molecule has 11 amide bonds. The number of nitrogens with one attached hydrogen (secondary N) is 7. The largest absolute Gasteiger partial charge is 0.497 e. The van der Waals surface area contributed by atoms with E-state index in [1.54, 1.807) is 52.0 Å². The summed E-state index contributed by atoms with van der Waals surface area (Å²) in [5, 5.41) is 17.9. The lowest BCUT2D eigenvalue weighted by atomic mass is 9.96. The van der Waals surface area contributed by atoms with Crippen LogP contribution in [0.2, 0.25) is 0 Å². The molecule has 0 aliphatic carbocycles. The highest BCUT2D eigenvalue weighted by Crippen LogP contribution is 2.22. The lowest BCUT2D eigenvalue weighted by Crippen LogP contribution is -2.61. The molecule has 24 heteroatoms. The van der Waals surface area contributed by atoms with Crippen LogP contribution in [0.5, 0.6) is 5.75 Å². The molecule has 2 aliphatic heterocycles. The van der Waals surface area contributed by atoms with Gasteiger partial charge in [-0.05, 0) is 67.4 Å². The highest BCUT2D eigenvalue weighted by atomic mass is 32.2. The molecule has 0 aromatic heterocycles. The molecule has 382 valence electrons. The summed E-state index contributed by atoms with van der Waals surface area (Å²) in [6.45, 7) is 6.38. The van der Waals surface area contributed by atoms with Gasteiger partial charge in [0.1, 0.15) is 48.0 Å². The number of carbonyl (C=O) groups is 11. The molecule has 2 saturated heterocycles. The van der Waals surface area contributed by atoms with Crippen molar-refractivity contribution < 1.29 is 58.8 Å². The third kappa shape index (κ3) is 18.9. The van der Waals surface area contributed by atoms with E-state index in [2.05, 4.69) is 37.2 Å². The van der Waals surface area contributed by atoms with Gasteiger partial charge >= 0.3 is 0 Å². The normalized spacial score (nSPS) is 24.4. The maximum Gasteiger partial charge on any atom is 0.246 e. The molecule has 13 N–H and O–H groups in total. The first-order valence-electron chi connectivity index (χ1n) is 23.5. The summed E-state index contributed by atoms with van der Waals surface area (Å²) in [5.41, 5.74) is 16.8. The van der Waals surface area contributed by atoms with Crippen molar-refractivity contribution in [3.05, 3.63) is 29.8 Å². The zero-order valence-corrected chi connectivity index (χ0v) is 40.6. The van der Waals surface area contributed by atoms with Crippen molar-refractivity contribution in [1.29, 1.82) is 0 Å². The van der Waals surface area contributed by atoms with Crippen molar-refractivity contribution in [3.63, 3.8) is 0 Å². The van der Waals surface area contributed by atoms with Crippen LogP contribution in [0.4, 0.5) is 0 Å². The van der Waals surface area contributed by atoms with Gasteiger partial charge in [0.2, 0.25) is 65.0 Å². The summed E-state index contributed by atoms with van der Waals surface area (Å²) < 4.78 is 14.6. The maximum atomic E-state index is 14.6. The number of primary amides is 3. The van der Waals surface area contributed by atoms with Crippen LogP contribution in [0.25, 0.3) is 0 Å². The Labute approximate surface area is 407 Å². The number of thioether (sulfide) groups is 1. The van der Waals surface area contributed by atoms with Gasteiger partial charge in [-0.3, -0.25) is 52.7 Å². The fraction of sp³-hybridized carbons (Fsp3) is 0.622. The Morgan fingerprint density at radius 3 is 2.10 bits per heavy atom. The second-order valence-electron chi connectivity index (χ2n) is 17.5. The van der Waals surface area contributed by atoms with Crippen molar-refractivity contribution in [2.75, 3.05) is 31.7 Å². The van der Waals surface area contributed by atoms with Gasteiger partial charge in [0.15, 0.2) is 0 Å². The van der Waals surface area contributed by atoms with E-state index < -0.39 is 133 Å². The summed E-state index contributed by atoms with van der Waals surface area (Å²) in [7, 11) is 1.49. The van der Waals surface area contributed by atoms with Crippen LogP contribution in [-0.2, 0) is 59.2 Å². The van der Waals surface area contributed by atoms with Gasteiger partial charge in [-0.15, -0.1) is 0 Å². The standard InChI is InChI=1S/C45H69N11O12S/c1-6-25(4)38-44(66)51-28(15-16-34(46)57)40(62)52-31(21-35(47)58)41(63)54-32(23-69-18-8-10-37(60)50-30(42(64)55-38)20-26-11-13-27(68-5)14-12-26)45(67)56-17-7-9-33(56)43(65)53-29(19-24(2)3)39(61)49-22-36(48)59/h11-14,24-25,28-33,38H,6-10,15-23H2,1-5H3,(H2,46,57)(H2,47,58)(H2,48,59)(H,49,61)(H,50,60)(H,51,66)(H,52,62)(H,53,65)(H,54,63)(H,55,64)/i33D.